The van der Waals surface area contributed by atoms with Crippen LogP contribution in [0, 0.1) is 13.8 Å². The number of aromatic nitrogens is 1. The Morgan fingerprint density at radius 3 is 2.38 bits per heavy atom. The molecule has 0 aliphatic carbocycles. The number of anilines is 2. The topological polar surface area (TPSA) is 96.4 Å². The second-order valence-electron chi connectivity index (χ2n) is 6.79. The second kappa shape index (κ2) is 6.82. The summed E-state index contributed by atoms with van der Waals surface area (Å²) < 4.78 is 28.8. The maximum Gasteiger partial charge on any atom is 0.284 e. The Morgan fingerprint density at radius 1 is 0.897 bits per heavy atom. The third-order valence-corrected chi connectivity index (χ3v) is 5.97. The Morgan fingerprint density at radius 2 is 1.66 bits per heavy atom. The number of nitrogens with one attached hydrogen (secondary N) is 1. The predicted molar refractivity (Wildman–Crippen MR) is 109 cm³/mol. The van der Waals surface area contributed by atoms with Gasteiger partial charge in [0.1, 0.15) is 10.6 Å². The van der Waals surface area contributed by atoms with Crippen molar-refractivity contribution in [2.75, 3.05) is 9.62 Å². The highest BCUT2D eigenvalue weighted by Gasteiger charge is 2.40. The van der Waals surface area contributed by atoms with Gasteiger partial charge in [0.25, 0.3) is 21.8 Å². The molecular weight excluding hydrogens is 390 g/mol. The molecule has 2 aromatic carbocycles. The van der Waals surface area contributed by atoms with Crippen molar-refractivity contribution in [2.24, 2.45) is 0 Å². The molecule has 8 heteroatoms. The largest absolute Gasteiger partial charge is 0.284 e. The van der Waals surface area contributed by atoms with E-state index in [1.165, 1.54) is 24.4 Å². The van der Waals surface area contributed by atoms with E-state index in [0.29, 0.717) is 11.3 Å². The van der Waals surface area contributed by atoms with Crippen molar-refractivity contribution in [3.8, 4) is 0 Å². The molecular formula is C21H17N3O4S. The molecule has 0 spiro atoms. The van der Waals surface area contributed by atoms with Crippen LogP contribution in [0.4, 0.5) is 11.4 Å². The molecule has 0 atom stereocenters. The Kier molecular flexibility index (Phi) is 4.43. The van der Waals surface area contributed by atoms with E-state index >= 15 is 0 Å². The Hall–Kier alpha value is -3.52. The number of imide groups is 1. The van der Waals surface area contributed by atoms with Gasteiger partial charge in [-0.3, -0.25) is 19.3 Å². The second-order valence-corrected chi connectivity index (χ2v) is 8.44. The zero-order valence-electron chi connectivity index (χ0n) is 15.7. The summed E-state index contributed by atoms with van der Waals surface area (Å²) >= 11 is 0. The van der Waals surface area contributed by atoms with Gasteiger partial charge in [0, 0.05) is 11.9 Å². The number of amides is 2. The van der Waals surface area contributed by atoms with Crippen LogP contribution < -0.4 is 9.62 Å². The summed E-state index contributed by atoms with van der Waals surface area (Å²) in [6.45, 7) is 3.58. The summed E-state index contributed by atoms with van der Waals surface area (Å²) in [6, 6.07) is 14.5. The highest BCUT2D eigenvalue weighted by molar-refractivity contribution is 7.92. The molecule has 0 radical (unpaired) electrons. The fourth-order valence-corrected chi connectivity index (χ4v) is 4.55. The van der Waals surface area contributed by atoms with Gasteiger partial charge in [0.15, 0.2) is 0 Å². The van der Waals surface area contributed by atoms with Crippen LogP contribution in [0.2, 0.25) is 0 Å². The third kappa shape index (κ3) is 3.27. The lowest BCUT2D eigenvalue weighted by atomic mass is 10.2. The molecule has 3 aromatic rings. The number of sulfonamides is 1. The number of rotatable bonds is 4. The minimum Gasteiger partial charge on any atom is -0.280 e. The fourth-order valence-electron chi connectivity index (χ4n) is 3.23. The average Bonchev–Trinajstić information content (AvgIpc) is 2.93. The van der Waals surface area contributed by atoms with Gasteiger partial charge >= 0.3 is 0 Å². The lowest BCUT2D eigenvalue weighted by molar-refractivity contribution is 0.0924. The summed E-state index contributed by atoms with van der Waals surface area (Å²) in [7, 11) is -4.07. The first-order valence-electron chi connectivity index (χ1n) is 8.82. The van der Waals surface area contributed by atoms with Gasteiger partial charge in [0.05, 0.1) is 11.3 Å². The molecule has 1 aliphatic rings. The van der Waals surface area contributed by atoms with E-state index in [1.807, 2.05) is 13.0 Å². The number of carbonyl (C=O) groups excluding carboxylic acids is 2. The Bertz CT molecular complexity index is 1230. The number of hydrogen-bond acceptors (Lipinski definition) is 5. The minimum atomic E-state index is -4.07. The predicted octanol–water partition coefficient (Wildman–Crippen LogP) is 3.30. The third-order valence-electron chi connectivity index (χ3n) is 4.56. The van der Waals surface area contributed by atoms with Crippen LogP contribution in [0.3, 0.4) is 0 Å². The summed E-state index contributed by atoms with van der Waals surface area (Å²) in [5.74, 6) is -1.25. The van der Waals surface area contributed by atoms with E-state index in [1.54, 1.807) is 37.3 Å². The molecule has 4 rings (SSSR count). The number of carbonyl (C=O) groups is 2. The molecule has 1 aliphatic heterocycles. The molecule has 1 aromatic heterocycles. The number of fused-ring (bicyclic) bond motifs is 1. The monoisotopic (exact) mass is 407 g/mol. The Labute approximate surface area is 168 Å². The SMILES string of the molecule is Cc1cccc(NS(=O)(=O)c2cc(C)ccc2N2C(=O)c3cccnc3C2=O)c1. The van der Waals surface area contributed by atoms with Crippen molar-refractivity contribution in [3.63, 3.8) is 0 Å². The minimum absolute atomic E-state index is 0.00747. The molecule has 0 unspecified atom stereocenters. The zero-order chi connectivity index (χ0) is 20.8. The Balaban J connectivity index is 1.82. The molecule has 0 bridgehead atoms. The van der Waals surface area contributed by atoms with Crippen LogP contribution in [0.15, 0.2) is 65.7 Å². The number of hydrogen-bond donors (Lipinski definition) is 1. The van der Waals surface area contributed by atoms with E-state index in [4.69, 9.17) is 0 Å². The van der Waals surface area contributed by atoms with Crippen molar-refractivity contribution >= 4 is 33.2 Å². The van der Waals surface area contributed by atoms with Gasteiger partial charge in [0.2, 0.25) is 0 Å². The molecule has 146 valence electrons. The smallest absolute Gasteiger partial charge is 0.280 e. The van der Waals surface area contributed by atoms with E-state index in [-0.39, 0.29) is 21.8 Å². The number of benzene rings is 2. The molecule has 7 nitrogen and oxygen atoms in total. The van der Waals surface area contributed by atoms with Crippen molar-refractivity contribution < 1.29 is 18.0 Å². The fraction of sp³-hybridized carbons (Fsp3) is 0.0952. The molecule has 0 saturated heterocycles. The van der Waals surface area contributed by atoms with Gasteiger partial charge < -0.3 is 0 Å². The first kappa shape index (κ1) is 18.8. The number of pyridine rings is 1. The maximum absolute atomic E-state index is 13.2. The van der Waals surface area contributed by atoms with Crippen LogP contribution in [0.25, 0.3) is 0 Å². The summed E-state index contributed by atoms with van der Waals surface area (Å²) in [5, 5.41) is 0. The van der Waals surface area contributed by atoms with E-state index in [9.17, 15) is 18.0 Å². The van der Waals surface area contributed by atoms with Crippen LogP contribution in [-0.2, 0) is 10.0 Å². The number of nitrogens with zero attached hydrogens (tertiary/aromatic N) is 2. The maximum atomic E-state index is 13.2. The van der Waals surface area contributed by atoms with Crippen LogP contribution >= 0.6 is 0 Å². The average molecular weight is 407 g/mol. The molecule has 29 heavy (non-hydrogen) atoms. The highest BCUT2D eigenvalue weighted by atomic mass is 32.2. The standard InChI is InChI=1S/C21H17N3O4S/c1-13-5-3-6-15(11-13)23-29(27,28)18-12-14(2)8-9-17(18)24-20(25)16-7-4-10-22-19(16)21(24)26/h3-12,23H,1-2H3. The number of aryl methyl sites for hydroxylation is 2. The van der Waals surface area contributed by atoms with Gasteiger partial charge in [-0.15, -0.1) is 0 Å². The van der Waals surface area contributed by atoms with Crippen LogP contribution in [-0.4, -0.2) is 25.2 Å². The van der Waals surface area contributed by atoms with E-state index in [2.05, 4.69) is 9.71 Å². The zero-order valence-corrected chi connectivity index (χ0v) is 16.5. The van der Waals surface area contributed by atoms with Crippen molar-refractivity contribution in [3.05, 3.63) is 83.2 Å². The van der Waals surface area contributed by atoms with Crippen LogP contribution in [0.5, 0.6) is 0 Å². The molecule has 2 amide bonds. The highest BCUT2D eigenvalue weighted by Crippen LogP contribution is 2.33. The van der Waals surface area contributed by atoms with Crippen LogP contribution in [0.1, 0.15) is 32.0 Å². The van der Waals surface area contributed by atoms with E-state index < -0.39 is 21.8 Å². The van der Waals surface area contributed by atoms with Crippen molar-refractivity contribution in [1.82, 2.24) is 4.98 Å². The lowest BCUT2D eigenvalue weighted by Gasteiger charge is -2.19. The molecule has 1 N–H and O–H groups in total. The molecule has 2 heterocycles. The summed E-state index contributed by atoms with van der Waals surface area (Å²) in [4.78, 5) is 30.3. The van der Waals surface area contributed by atoms with Crippen molar-refractivity contribution in [1.29, 1.82) is 0 Å². The first-order valence-corrected chi connectivity index (χ1v) is 10.3. The molecule has 0 saturated carbocycles. The van der Waals surface area contributed by atoms with Gasteiger partial charge in [-0.1, -0.05) is 18.2 Å². The molecule has 0 fully saturated rings. The summed E-state index contributed by atoms with van der Waals surface area (Å²) in [5.41, 5.74) is 2.10. The van der Waals surface area contributed by atoms with Gasteiger partial charge in [-0.05, 0) is 61.4 Å². The summed E-state index contributed by atoms with van der Waals surface area (Å²) in [6.07, 6.45) is 1.42. The van der Waals surface area contributed by atoms with Gasteiger partial charge in [-0.2, -0.15) is 0 Å². The van der Waals surface area contributed by atoms with Crippen molar-refractivity contribution in [2.45, 2.75) is 18.7 Å². The first-order chi connectivity index (χ1) is 13.8. The lowest BCUT2D eigenvalue weighted by Crippen LogP contribution is -2.31. The quantitative estimate of drug-likeness (QED) is 0.670. The normalized spacial score (nSPS) is 13.5. The van der Waals surface area contributed by atoms with E-state index in [0.717, 1.165) is 10.5 Å². The van der Waals surface area contributed by atoms with Gasteiger partial charge in [-0.25, -0.2) is 13.3 Å².